The van der Waals surface area contributed by atoms with E-state index in [0.717, 1.165) is 30.4 Å². The number of benzene rings is 2. The molecule has 0 spiro atoms. The molecule has 1 aliphatic heterocycles. The highest BCUT2D eigenvalue weighted by Gasteiger charge is 2.32. The number of nitrogens with zero attached hydrogens (tertiary/aromatic N) is 1. The quantitative estimate of drug-likeness (QED) is 0.652. The van der Waals surface area contributed by atoms with Crippen LogP contribution in [0.4, 0.5) is 4.39 Å². The van der Waals surface area contributed by atoms with Gasteiger partial charge in [0.25, 0.3) is 0 Å². The summed E-state index contributed by atoms with van der Waals surface area (Å²) in [4.78, 5) is 14.8. The average molecular weight is 401 g/mol. The lowest BCUT2D eigenvalue weighted by atomic mass is 9.91. The Hall–Kier alpha value is -2.76. The number of rotatable bonds is 8. The van der Waals surface area contributed by atoms with Crippen LogP contribution in [0.1, 0.15) is 43.4 Å². The molecule has 1 heterocycles. The van der Waals surface area contributed by atoms with E-state index < -0.39 is 0 Å². The van der Waals surface area contributed by atoms with Crippen molar-refractivity contribution in [1.29, 1.82) is 0 Å². The van der Waals surface area contributed by atoms with E-state index in [1.807, 2.05) is 17.0 Å². The highest BCUT2D eigenvalue weighted by atomic mass is 19.1. The second kappa shape index (κ2) is 9.63. The molecule has 0 saturated carbocycles. The number of methoxy groups -OCH3 is 2. The summed E-state index contributed by atoms with van der Waals surface area (Å²) in [5.74, 6) is 1.68. The predicted molar refractivity (Wildman–Crippen MR) is 109 cm³/mol. The van der Waals surface area contributed by atoms with E-state index in [0.29, 0.717) is 30.2 Å². The first-order valence-electron chi connectivity index (χ1n) is 10.00. The van der Waals surface area contributed by atoms with Crippen LogP contribution in [-0.4, -0.2) is 38.2 Å². The van der Waals surface area contributed by atoms with Crippen molar-refractivity contribution in [2.75, 3.05) is 27.4 Å². The van der Waals surface area contributed by atoms with Gasteiger partial charge < -0.3 is 19.1 Å². The zero-order valence-corrected chi connectivity index (χ0v) is 17.2. The first kappa shape index (κ1) is 21.0. The number of hydrogen-bond acceptors (Lipinski definition) is 4. The van der Waals surface area contributed by atoms with E-state index in [2.05, 4.69) is 6.92 Å². The van der Waals surface area contributed by atoms with E-state index in [1.165, 1.54) is 12.1 Å². The summed E-state index contributed by atoms with van der Waals surface area (Å²) < 4.78 is 30.0. The van der Waals surface area contributed by atoms with E-state index in [4.69, 9.17) is 14.2 Å². The summed E-state index contributed by atoms with van der Waals surface area (Å²) in [5, 5.41) is 0. The van der Waals surface area contributed by atoms with Gasteiger partial charge in [-0.2, -0.15) is 0 Å². The average Bonchev–Trinajstić information content (AvgIpc) is 2.75. The third kappa shape index (κ3) is 4.81. The van der Waals surface area contributed by atoms with Crippen molar-refractivity contribution in [3.8, 4) is 17.2 Å². The Kier molecular flexibility index (Phi) is 6.96. The lowest BCUT2D eigenvalue weighted by Crippen LogP contribution is -2.42. The van der Waals surface area contributed by atoms with Crippen molar-refractivity contribution in [3.05, 3.63) is 53.3 Å². The lowest BCUT2D eigenvalue weighted by Gasteiger charge is -2.37. The van der Waals surface area contributed by atoms with Crippen molar-refractivity contribution >= 4 is 5.91 Å². The molecule has 1 atom stereocenters. The normalized spacial score (nSPS) is 15.6. The topological polar surface area (TPSA) is 48.0 Å². The van der Waals surface area contributed by atoms with Gasteiger partial charge in [0, 0.05) is 13.0 Å². The maximum Gasteiger partial charge on any atom is 0.223 e. The van der Waals surface area contributed by atoms with Crippen molar-refractivity contribution in [3.63, 3.8) is 0 Å². The van der Waals surface area contributed by atoms with Crippen molar-refractivity contribution in [1.82, 2.24) is 4.90 Å². The van der Waals surface area contributed by atoms with Crippen molar-refractivity contribution < 1.29 is 23.4 Å². The second-order valence-electron chi connectivity index (χ2n) is 7.13. The third-order valence-electron chi connectivity index (χ3n) is 5.29. The zero-order valence-electron chi connectivity index (χ0n) is 17.2. The smallest absolute Gasteiger partial charge is 0.223 e. The monoisotopic (exact) mass is 401 g/mol. The number of fused-ring (bicyclic) bond motifs is 1. The van der Waals surface area contributed by atoms with Crippen LogP contribution in [0, 0.1) is 5.82 Å². The Morgan fingerprint density at radius 1 is 1.14 bits per heavy atom. The number of carbonyl (C=O) groups excluding carboxylic acids is 1. The molecular formula is C23H28FNO4. The van der Waals surface area contributed by atoms with Crippen LogP contribution in [0.5, 0.6) is 17.2 Å². The number of ether oxygens (including phenoxy) is 3. The Balaban J connectivity index is 1.90. The fourth-order valence-corrected chi connectivity index (χ4v) is 3.68. The van der Waals surface area contributed by atoms with Crippen LogP contribution in [0.3, 0.4) is 0 Å². The molecule has 1 amide bonds. The second-order valence-corrected chi connectivity index (χ2v) is 7.13. The Labute approximate surface area is 171 Å². The zero-order chi connectivity index (χ0) is 20.8. The van der Waals surface area contributed by atoms with Gasteiger partial charge in [0.05, 0.1) is 20.3 Å². The molecule has 0 aromatic heterocycles. The van der Waals surface area contributed by atoms with Gasteiger partial charge in [0.2, 0.25) is 5.91 Å². The summed E-state index contributed by atoms with van der Waals surface area (Å²) in [6.45, 7) is 2.99. The Morgan fingerprint density at radius 2 is 1.83 bits per heavy atom. The minimum atomic E-state index is -0.312. The Bertz CT molecular complexity index is 838. The molecule has 1 unspecified atom stereocenters. The van der Waals surface area contributed by atoms with Crippen molar-refractivity contribution in [2.24, 2.45) is 0 Å². The molecule has 6 heteroatoms. The van der Waals surface area contributed by atoms with Gasteiger partial charge >= 0.3 is 0 Å². The van der Waals surface area contributed by atoms with Gasteiger partial charge in [-0.15, -0.1) is 0 Å². The molecule has 0 saturated heterocycles. The maximum absolute atomic E-state index is 13.2. The molecule has 2 aromatic carbocycles. The van der Waals surface area contributed by atoms with Gasteiger partial charge in [-0.3, -0.25) is 4.79 Å². The first-order chi connectivity index (χ1) is 14.1. The highest BCUT2D eigenvalue weighted by molar-refractivity contribution is 5.77. The molecule has 0 bridgehead atoms. The number of unbranched alkanes of at least 4 members (excludes halogenated alkanes) is 1. The van der Waals surface area contributed by atoms with Crippen LogP contribution in [0.25, 0.3) is 0 Å². The molecule has 0 fully saturated rings. The fraction of sp³-hybridized carbons (Fsp3) is 0.435. The molecule has 2 aromatic rings. The van der Waals surface area contributed by atoms with Gasteiger partial charge in [-0.05, 0) is 60.4 Å². The van der Waals surface area contributed by atoms with E-state index in [9.17, 15) is 9.18 Å². The SMILES string of the molecule is CCCCC(=O)N1CCc2cc(OC)c(OC)cc2C1COc1ccc(F)cc1. The molecular weight excluding hydrogens is 373 g/mol. The lowest BCUT2D eigenvalue weighted by molar-refractivity contribution is -0.135. The largest absolute Gasteiger partial charge is 0.493 e. The van der Waals surface area contributed by atoms with Gasteiger partial charge in [-0.1, -0.05) is 13.3 Å². The summed E-state index contributed by atoms with van der Waals surface area (Å²) in [5.41, 5.74) is 2.12. The van der Waals surface area contributed by atoms with Crippen LogP contribution in [0.15, 0.2) is 36.4 Å². The summed E-state index contributed by atoms with van der Waals surface area (Å²) >= 11 is 0. The molecule has 0 N–H and O–H groups in total. The van der Waals surface area contributed by atoms with E-state index in [-0.39, 0.29) is 24.4 Å². The molecule has 0 radical (unpaired) electrons. The number of halogens is 1. The molecule has 3 rings (SSSR count). The third-order valence-corrected chi connectivity index (χ3v) is 5.29. The summed E-state index contributed by atoms with van der Waals surface area (Å²) in [6.07, 6.45) is 3.10. The summed E-state index contributed by atoms with van der Waals surface area (Å²) in [7, 11) is 3.21. The molecule has 5 nitrogen and oxygen atoms in total. The van der Waals surface area contributed by atoms with E-state index in [1.54, 1.807) is 26.4 Å². The minimum Gasteiger partial charge on any atom is -0.493 e. The van der Waals surface area contributed by atoms with Crippen LogP contribution in [-0.2, 0) is 11.2 Å². The number of amides is 1. The predicted octanol–water partition coefficient (Wildman–Crippen LogP) is 4.54. The molecule has 1 aliphatic rings. The summed E-state index contributed by atoms with van der Waals surface area (Å²) in [6, 6.07) is 9.59. The Morgan fingerprint density at radius 3 is 2.48 bits per heavy atom. The fourth-order valence-electron chi connectivity index (χ4n) is 3.68. The standard InChI is InChI=1S/C23H28FNO4/c1-4-5-6-23(26)25-12-11-16-13-21(27-2)22(28-3)14-19(16)20(25)15-29-18-9-7-17(24)8-10-18/h7-10,13-14,20H,4-6,11-12,15H2,1-3H3. The maximum atomic E-state index is 13.2. The molecule has 156 valence electrons. The van der Waals surface area contributed by atoms with Gasteiger partial charge in [0.15, 0.2) is 11.5 Å². The van der Waals surface area contributed by atoms with Gasteiger partial charge in [0.1, 0.15) is 18.2 Å². The number of carbonyl (C=O) groups is 1. The highest BCUT2D eigenvalue weighted by Crippen LogP contribution is 2.38. The molecule has 29 heavy (non-hydrogen) atoms. The molecule has 0 aliphatic carbocycles. The van der Waals surface area contributed by atoms with Crippen LogP contribution < -0.4 is 14.2 Å². The number of hydrogen-bond donors (Lipinski definition) is 0. The van der Waals surface area contributed by atoms with Crippen LogP contribution >= 0.6 is 0 Å². The van der Waals surface area contributed by atoms with E-state index >= 15 is 0 Å². The van der Waals surface area contributed by atoms with Crippen LogP contribution in [0.2, 0.25) is 0 Å². The van der Waals surface area contributed by atoms with Gasteiger partial charge in [-0.25, -0.2) is 4.39 Å². The first-order valence-corrected chi connectivity index (χ1v) is 10.00. The minimum absolute atomic E-state index is 0.125. The van der Waals surface area contributed by atoms with Crippen molar-refractivity contribution in [2.45, 2.75) is 38.6 Å².